The van der Waals surface area contributed by atoms with Gasteiger partial charge in [0.25, 0.3) is 0 Å². The second-order valence-electron chi connectivity index (χ2n) is 9.16. The summed E-state index contributed by atoms with van der Waals surface area (Å²) in [5.74, 6) is 0.927. The summed E-state index contributed by atoms with van der Waals surface area (Å²) in [7, 11) is 0. The van der Waals surface area contributed by atoms with Crippen molar-refractivity contribution in [2.45, 2.75) is 63.8 Å². The van der Waals surface area contributed by atoms with E-state index in [4.69, 9.17) is 10.5 Å². The number of rotatable bonds is 9. The van der Waals surface area contributed by atoms with Crippen LogP contribution < -0.4 is 10.5 Å². The van der Waals surface area contributed by atoms with Crippen LogP contribution in [0.5, 0.6) is 5.75 Å². The molecule has 0 heterocycles. The van der Waals surface area contributed by atoms with Gasteiger partial charge in [-0.3, -0.25) is 4.79 Å². The Kier molecular flexibility index (Phi) is 7.19. The van der Waals surface area contributed by atoms with Crippen LogP contribution in [-0.2, 0) is 10.2 Å². The number of halogens is 1. The lowest BCUT2D eigenvalue weighted by Gasteiger charge is -2.54. The molecule has 4 rings (SSSR count). The first-order valence-electron chi connectivity index (χ1n) is 11.0. The van der Waals surface area contributed by atoms with E-state index in [0.717, 1.165) is 38.5 Å². The summed E-state index contributed by atoms with van der Waals surface area (Å²) in [4.78, 5) is 15.2. The molecule has 1 aromatic carbocycles. The smallest absolute Gasteiger partial charge is 0.229 e. The molecule has 0 saturated heterocycles. The highest BCUT2D eigenvalue weighted by atomic mass is 19.1. The first-order valence-corrected chi connectivity index (χ1v) is 11.0. The Morgan fingerprint density at radius 2 is 1.80 bits per heavy atom. The predicted octanol–water partition coefficient (Wildman–Crippen LogP) is 3.70. The Labute approximate surface area is 179 Å². The molecule has 5 nitrogen and oxygen atoms in total. The van der Waals surface area contributed by atoms with Crippen LogP contribution in [0.3, 0.4) is 0 Å². The number of carbonyl (C=O) groups excluding carboxylic acids is 1. The molecule has 3 aliphatic rings. The molecule has 30 heavy (non-hydrogen) atoms. The zero-order chi connectivity index (χ0) is 21.8. The Bertz CT molecular complexity index is 736. The van der Waals surface area contributed by atoms with E-state index >= 15 is 0 Å². The summed E-state index contributed by atoms with van der Waals surface area (Å²) in [5.41, 5.74) is 7.05. The first-order chi connectivity index (χ1) is 14.4. The van der Waals surface area contributed by atoms with Gasteiger partial charge < -0.3 is 20.5 Å². The molecule has 6 heteroatoms. The highest BCUT2D eigenvalue weighted by molar-refractivity contribution is 5.83. The molecule has 0 aromatic heterocycles. The van der Waals surface area contributed by atoms with Crippen LogP contribution in [0.4, 0.5) is 4.39 Å². The summed E-state index contributed by atoms with van der Waals surface area (Å²) < 4.78 is 18.3. The molecule has 3 saturated carbocycles. The highest BCUT2D eigenvalue weighted by Gasteiger charge is 2.54. The van der Waals surface area contributed by atoms with Gasteiger partial charge in [-0.25, -0.2) is 4.39 Å². The molecule has 0 atom stereocenters. The second-order valence-corrected chi connectivity index (χ2v) is 9.16. The number of ether oxygens (including phenoxy) is 1. The van der Waals surface area contributed by atoms with Crippen LogP contribution in [0, 0.1) is 5.41 Å². The fourth-order valence-electron chi connectivity index (χ4n) is 5.16. The first kappa shape index (κ1) is 22.8. The van der Waals surface area contributed by atoms with E-state index in [-0.39, 0.29) is 42.5 Å². The van der Waals surface area contributed by atoms with Crippen LogP contribution >= 0.6 is 0 Å². The fraction of sp³-hybridized carbons (Fsp3) is 0.625. The van der Waals surface area contributed by atoms with Gasteiger partial charge in [0.05, 0.1) is 12.9 Å². The third kappa shape index (κ3) is 4.40. The van der Waals surface area contributed by atoms with Gasteiger partial charge in [-0.1, -0.05) is 12.1 Å². The third-order valence-electron chi connectivity index (χ3n) is 7.23. The molecule has 166 valence electrons. The SMILES string of the molecule is CC(C)N(CCO)C(=O)C12CCC(c3ccc(OCC(=CF)CN)cc3)(CC1)CC2. The molecule has 3 fully saturated rings. The minimum absolute atomic E-state index is 0.00620. The minimum atomic E-state index is -0.262. The molecular weight excluding hydrogens is 383 g/mol. The van der Waals surface area contributed by atoms with E-state index < -0.39 is 0 Å². The van der Waals surface area contributed by atoms with E-state index in [1.54, 1.807) is 0 Å². The maximum atomic E-state index is 13.3. The van der Waals surface area contributed by atoms with E-state index in [2.05, 4.69) is 12.1 Å². The third-order valence-corrected chi connectivity index (χ3v) is 7.23. The van der Waals surface area contributed by atoms with E-state index in [1.807, 2.05) is 30.9 Å². The number of benzene rings is 1. The highest BCUT2D eigenvalue weighted by Crippen LogP contribution is 2.58. The summed E-state index contributed by atoms with van der Waals surface area (Å²) in [5, 5.41) is 9.38. The molecule has 1 amide bonds. The Morgan fingerprint density at radius 3 is 2.27 bits per heavy atom. The van der Waals surface area contributed by atoms with Gasteiger partial charge in [0.15, 0.2) is 0 Å². The lowest BCUT2D eigenvalue weighted by Crippen LogP contribution is -2.54. The second kappa shape index (κ2) is 9.48. The van der Waals surface area contributed by atoms with Crippen molar-refractivity contribution in [3.05, 3.63) is 41.7 Å². The zero-order valence-electron chi connectivity index (χ0n) is 18.2. The number of nitrogens with two attached hydrogens (primary N) is 1. The number of aliphatic hydroxyl groups is 1. The summed E-state index contributed by atoms with van der Waals surface area (Å²) >= 11 is 0. The number of hydrogen-bond acceptors (Lipinski definition) is 4. The van der Waals surface area contributed by atoms with Crippen molar-refractivity contribution in [3.8, 4) is 5.75 Å². The quantitative estimate of drug-likeness (QED) is 0.641. The van der Waals surface area contributed by atoms with Gasteiger partial charge in [-0.15, -0.1) is 0 Å². The monoisotopic (exact) mass is 418 g/mol. The van der Waals surface area contributed by atoms with Crippen molar-refractivity contribution >= 4 is 5.91 Å². The van der Waals surface area contributed by atoms with E-state index in [1.165, 1.54) is 5.56 Å². The van der Waals surface area contributed by atoms with Crippen molar-refractivity contribution in [2.75, 3.05) is 26.3 Å². The van der Waals surface area contributed by atoms with Gasteiger partial charge in [0.2, 0.25) is 5.91 Å². The summed E-state index contributed by atoms with van der Waals surface area (Å²) in [6.07, 6.45) is 6.23. The molecule has 2 bridgehead atoms. The molecule has 0 aliphatic heterocycles. The Balaban J connectivity index is 1.67. The fourth-order valence-corrected chi connectivity index (χ4v) is 5.16. The molecule has 1 aromatic rings. The number of fused-ring (bicyclic) bond motifs is 3. The normalized spacial score (nSPS) is 26.1. The van der Waals surface area contributed by atoms with Crippen molar-refractivity contribution in [2.24, 2.45) is 11.1 Å². The van der Waals surface area contributed by atoms with Gasteiger partial charge in [-0.05, 0) is 75.5 Å². The van der Waals surface area contributed by atoms with Crippen LogP contribution in [0.1, 0.15) is 57.9 Å². The number of hydrogen-bond donors (Lipinski definition) is 2. The van der Waals surface area contributed by atoms with Crippen molar-refractivity contribution in [1.29, 1.82) is 0 Å². The van der Waals surface area contributed by atoms with Crippen LogP contribution in [0.15, 0.2) is 36.2 Å². The average Bonchev–Trinajstić information content (AvgIpc) is 2.79. The standard InChI is InChI=1S/C24H35FN2O3/c1-18(2)27(13-14-28)22(29)24-10-7-23(8-11-24,9-12-24)20-3-5-21(6-4-20)30-17-19(15-25)16-26/h3-6,15,18,28H,7-14,16-17,26H2,1-2H3. The number of nitrogens with zero attached hydrogens (tertiary/aromatic N) is 1. The van der Waals surface area contributed by atoms with E-state index in [9.17, 15) is 14.3 Å². The van der Waals surface area contributed by atoms with Gasteiger partial charge in [0.1, 0.15) is 12.4 Å². The number of amides is 1. The van der Waals surface area contributed by atoms with Gasteiger partial charge >= 0.3 is 0 Å². The summed E-state index contributed by atoms with van der Waals surface area (Å²) in [6, 6.07) is 8.22. The largest absolute Gasteiger partial charge is 0.489 e. The lowest BCUT2D eigenvalue weighted by molar-refractivity contribution is -0.151. The maximum absolute atomic E-state index is 13.3. The maximum Gasteiger partial charge on any atom is 0.229 e. The molecule has 3 N–H and O–H groups in total. The van der Waals surface area contributed by atoms with Crippen LogP contribution in [0.25, 0.3) is 0 Å². The van der Waals surface area contributed by atoms with Gasteiger partial charge in [-0.2, -0.15) is 0 Å². The predicted molar refractivity (Wildman–Crippen MR) is 116 cm³/mol. The Hall–Kier alpha value is -1.92. The molecule has 0 spiro atoms. The number of aliphatic hydroxyl groups excluding tert-OH is 1. The van der Waals surface area contributed by atoms with Crippen molar-refractivity contribution in [1.82, 2.24) is 4.90 Å². The van der Waals surface area contributed by atoms with Crippen molar-refractivity contribution in [3.63, 3.8) is 0 Å². The number of carbonyl (C=O) groups is 1. The average molecular weight is 419 g/mol. The molecule has 3 aliphatic carbocycles. The Morgan fingerprint density at radius 1 is 1.20 bits per heavy atom. The van der Waals surface area contributed by atoms with Crippen molar-refractivity contribution < 1.29 is 19.0 Å². The minimum Gasteiger partial charge on any atom is -0.489 e. The molecule has 0 radical (unpaired) electrons. The molecule has 0 unspecified atom stereocenters. The van der Waals surface area contributed by atoms with Crippen LogP contribution in [0.2, 0.25) is 0 Å². The lowest BCUT2D eigenvalue weighted by atomic mass is 9.51. The molecular formula is C24H35FN2O3. The van der Waals surface area contributed by atoms with E-state index in [0.29, 0.717) is 24.2 Å². The summed E-state index contributed by atoms with van der Waals surface area (Å²) in [6.45, 7) is 4.75. The zero-order valence-corrected chi connectivity index (χ0v) is 18.2. The van der Waals surface area contributed by atoms with Gasteiger partial charge in [0, 0.05) is 30.1 Å². The van der Waals surface area contributed by atoms with Crippen LogP contribution in [-0.4, -0.2) is 48.3 Å². The topological polar surface area (TPSA) is 75.8 Å².